The average molecular weight is 176 g/mol. The van der Waals surface area contributed by atoms with Crippen LogP contribution in [0.5, 0.6) is 0 Å². The van der Waals surface area contributed by atoms with E-state index in [1.807, 2.05) is 23.6 Å². The van der Waals surface area contributed by atoms with Crippen LogP contribution in [-0.4, -0.2) is 14.5 Å². The summed E-state index contributed by atoms with van der Waals surface area (Å²) in [5, 5.41) is 0. The minimum Gasteiger partial charge on any atom is -0.313 e. The second-order valence-electron chi connectivity index (χ2n) is 2.97. The fourth-order valence-electron chi connectivity index (χ4n) is 1.33. The Morgan fingerprint density at radius 3 is 3.15 bits per heavy atom. The molecule has 13 heavy (non-hydrogen) atoms. The molecule has 0 saturated heterocycles. The van der Waals surface area contributed by atoms with E-state index >= 15 is 0 Å². The molecule has 0 aromatic carbocycles. The quantitative estimate of drug-likeness (QED) is 0.750. The highest BCUT2D eigenvalue weighted by molar-refractivity contribution is 5.70. The molecule has 2 rings (SSSR count). The van der Waals surface area contributed by atoms with Gasteiger partial charge in [0.1, 0.15) is 0 Å². The number of imidazole rings is 1. The van der Waals surface area contributed by atoms with Gasteiger partial charge in [-0.15, -0.1) is 0 Å². The third kappa shape index (κ3) is 1.29. The van der Waals surface area contributed by atoms with Crippen LogP contribution in [0.25, 0.3) is 11.2 Å². The Morgan fingerprint density at radius 2 is 2.38 bits per heavy atom. The Balaban J connectivity index is 2.57. The number of pyridine rings is 1. The van der Waals surface area contributed by atoms with Crippen LogP contribution in [-0.2, 0) is 0 Å². The van der Waals surface area contributed by atoms with Gasteiger partial charge in [0.25, 0.3) is 0 Å². The van der Waals surface area contributed by atoms with Gasteiger partial charge >= 0.3 is 0 Å². The Kier molecular flexibility index (Phi) is 1.98. The lowest BCUT2D eigenvalue weighted by Crippen LogP contribution is -2.16. The Labute approximate surface area is 76.4 Å². The van der Waals surface area contributed by atoms with Crippen molar-refractivity contribution in [3.63, 3.8) is 0 Å². The number of rotatable bonds is 2. The number of nitrogens with zero attached hydrogens (tertiary/aromatic N) is 3. The van der Waals surface area contributed by atoms with Crippen molar-refractivity contribution in [3.8, 4) is 0 Å². The van der Waals surface area contributed by atoms with Crippen LogP contribution in [0.4, 0.5) is 0 Å². The predicted molar refractivity (Wildman–Crippen MR) is 51.0 cm³/mol. The first kappa shape index (κ1) is 8.19. The van der Waals surface area contributed by atoms with Crippen molar-refractivity contribution in [3.05, 3.63) is 24.7 Å². The lowest BCUT2D eigenvalue weighted by molar-refractivity contribution is 0.518. The second kappa shape index (κ2) is 3.14. The molecular weight excluding hydrogens is 164 g/mol. The summed E-state index contributed by atoms with van der Waals surface area (Å²) in [7, 11) is 0. The molecule has 2 aromatic heterocycles. The summed E-state index contributed by atoms with van der Waals surface area (Å²) in [6.07, 6.45) is 4.36. The fraction of sp³-hybridized carbons (Fsp3) is 0.333. The Bertz CT molecular complexity index is 407. The number of fused-ring (bicyclic) bond motifs is 1. The largest absolute Gasteiger partial charge is 0.313 e. The van der Waals surface area contributed by atoms with E-state index in [0.29, 0.717) is 0 Å². The molecule has 4 heteroatoms. The van der Waals surface area contributed by atoms with Crippen LogP contribution in [0.15, 0.2) is 24.7 Å². The molecule has 68 valence electrons. The first-order valence-electron chi connectivity index (χ1n) is 4.36. The topological polar surface area (TPSA) is 56.7 Å². The minimum atomic E-state index is -0.00537. The summed E-state index contributed by atoms with van der Waals surface area (Å²) in [5.41, 5.74) is 7.65. The summed E-state index contributed by atoms with van der Waals surface area (Å²) in [6.45, 7) is 2.05. The van der Waals surface area contributed by atoms with Gasteiger partial charge in [0, 0.05) is 6.20 Å². The Morgan fingerprint density at radius 1 is 1.54 bits per heavy atom. The van der Waals surface area contributed by atoms with E-state index in [9.17, 15) is 0 Å². The molecule has 0 aliphatic heterocycles. The van der Waals surface area contributed by atoms with E-state index in [0.717, 1.165) is 17.6 Å². The monoisotopic (exact) mass is 176 g/mol. The molecule has 0 aliphatic rings. The first-order chi connectivity index (χ1) is 6.33. The standard InChI is InChI=1S/C9H12N4/c1-2-8(10)13-6-12-9-7(13)4-3-5-11-9/h3-6,8H,2,10H2,1H3. The smallest absolute Gasteiger partial charge is 0.177 e. The molecule has 2 aromatic rings. The molecule has 0 spiro atoms. The highest BCUT2D eigenvalue weighted by atomic mass is 15.2. The van der Waals surface area contributed by atoms with Crippen molar-refractivity contribution in [1.82, 2.24) is 14.5 Å². The van der Waals surface area contributed by atoms with E-state index in [4.69, 9.17) is 5.73 Å². The fourth-order valence-corrected chi connectivity index (χ4v) is 1.33. The van der Waals surface area contributed by atoms with Crippen LogP contribution in [0.2, 0.25) is 0 Å². The van der Waals surface area contributed by atoms with E-state index in [1.54, 1.807) is 12.5 Å². The summed E-state index contributed by atoms with van der Waals surface area (Å²) in [5.74, 6) is 0. The second-order valence-corrected chi connectivity index (χ2v) is 2.97. The first-order valence-corrected chi connectivity index (χ1v) is 4.36. The van der Waals surface area contributed by atoms with Crippen LogP contribution in [0.3, 0.4) is 0 Å². The normalized spacial score (nSPS) is 13.4. The van der Waals surface area contributed by atoms with E-state index in [2.05, 4.69) is 9.97 Å². The number of aromatic nitrogens is 3. The lowest BCUT2D eigenvalue weighted by Gasteiger charge is -2.10. The molecule has 1 unspecified atom stereocenters. The number of hydrogen-bond acceptors (Lipinski definition) is 3. The zero-order chi connectivity index (χ0) is 9.26. The zero-order valence-electron chi connectivity index (χ0n) is 7.51. The van der Waals surface area contributed by atoms with Crippen molar-refractivity contribution in [2.45, 2.75) is 19.5 Å². The minimum absolute atomic E-state index is 0.00537. The third-order valence-corrected chi connectivity index (χ3v) is 2.12. The molecule has 4 nitrogen and oxygen atoms in total. The SMILES string of the molecule is CCC(N)n1cnc2ncccc21. The number of hydrogen-bond donors (Lipinski definition) is 1. The lowest BCUT2D eigenvalue weighted by atomic mass is 10.3. The van der Waals surface area contributed by atoms with E-state index in [1.165, 1.54) is 0 Å². The van der Waals surface area contributed by atoms with Gasteiger partial charge in [0.2, 0.25) is 0 Å². The molecule has 0 radical (unpaired) electrons. The van der Waals surface area contributed by atoms with Crippen molar-refractivity contribution in [2.75, 3.05) is 0 Å². The zero-order valence-corrected chi connectivity index (χ0v) is 7.51. The van der Waals surface area contributed by atoms with Gasteiger partial charge in [-0.25, -0.2) is 9.97 Å². The summed E-state index contributed by atoms with van der Waals surface area (Å²) in [4.78, 5) is 8.29. The van der Waals surface area contributed by atoms with Gasteiger partial charge in [-0.2, -0.15) is 0 Å². The van der Waals surface area contributed by atoms with Crippen molar-refractivity contribution < 1.29 is 0 Å². The molecule has 0 bridgehead atoms. The van der Waals surface area contributed by atoms with Crippen molar-refractivity contribution >= 4 is 11.2 Å². The molecule has 1 atom stereocenters. The maximum atomic E-state index is 5.90. The average Bonchev–Trinajstić information content (AvgIpc) is 2.60. The third-order valence-electron chi connectivity index (χ3n) is 2.12. The van der Waals surface area contributed by atoms with Crippen molar-refractivity contribution in [1.29, 1.82) is 0 Å². The molecule has 0 fully saturated rings. The maximum absolute atomic E-state index is 5.90. The van der Waals surface area contributed by atoms with Crippen LogP contribution in [0.1, 0.15) is 19.5 Å². The molecule has 0 aliphatic carbocycles. The highest BCUT2D eigenvalue weighted by Crippen LogP contribution is 2.13. The summed E-state index contributed by atoms with van der Waals surface area (Å²) < 4.78 is 1.95. The van der Waals surface area contributed by atoms with Crippen LogP contribution < -0.4 is 5.73 Å². The van der Waals surface area contributed by atoms with Gasteiger partial charge in [0.15, 0.2) is 5.65 Å². The van der Waals surface area contributed by atoms with Gasteiger partial charge in [-0.05, 0) is 18.6 Å². The van der Waals surface area contributed by atoms with E-state index in [-0.39, 0.29) is 6.17 Å². The molecular formula is C9H12N4. The van der Waals surface area contributed by atoms with E-state index < -0.39 is 0 Å². The summed E-state index contributed by atoms with van der Waals surface area (Å²) >= 11 is 0. The Hall–Kier alpha value is -1.42. The van der Waals surface area contributed by atoms with Crippen LogP contribution >= 0.6 is 0 Å². The maximum Gasteiger partial charge on any atom is 0.177 e. The van der Waals surface area contributed by atoms with Crippen molar-refractivity contribution in [2.24, 2.45) is 5.73 Å². The highest BCUT2D eigenvalue weighted by Gasteiger charge is 2.06. The molecule has 2 N–H and O–H groups in total. The van der Waals surface area contributed by atoms with Crippen LogP contribution in [0, 0.1) is 0 Å². The molecule has 0 saturated carbocycles. The molecule has 2 heterocycles. The molecule has 0 amide bonds. The van der Waals surface area contributed by atoms with Gasteiger partial charge < -0.3 is 10.3 Å². The summed E-state index contributed by atoms with van der Waals surface area (Å²) in [6, 6.07) is 3.87. The van der Waals surface area contributed by atoms with Gasteiger partial charge in [-0.1, -0.05) is 6.92 Å². The van der Waals surface area contributed by atoms with Gasteiger partial charge in [0.05, 0.1) is 18.0 Å². The number of nitrogens with two attached hydrogens (primary N) is 1. The van der Waals surface area contributed by atoms with Gasteiger partial charge in [-0.3, -0.25) is 0 Å². The predicted octanol–water partition coefficient (Wildman–Crippen LogP) is 1.30.